The van der Waals surface area contributed by atoms with E-state index >= 15 is 0 Å². The van der Waals surface area contributed by atoms with Crippen molar-refractivity contribution in [1.29, 1.82) is 5.26 Å². The zero-order chi connectivity index (χ0) is 17.5. The van der Waals surface area contributed by atoms with Gasteiger partial charge in [-0.3, -0.25) is 4.79 Å². The van der Waals surface area contributed by atoms with Crippen molar-refractivity contribution < 1.29 is 18.7 Å². The lowest BCUT2D eigenvalue weighted by molar-refractivity contribution is -0.137. The molecule has 0 saturated carbocycles. The van der Waals surface area contributed by atoms with Crippen LogP contribution >= 0.6 is 11.8 Å². The van der Waals surface area contributed by atoms with Crippen LogP contribution < -0.4 is 0 Å². The lowest BCUT2D eigenvalue weighted by Gasteiger charge is -2.15. The van der Waals surface area contributed by atoms with E-state index in [1.165, 1.54) is 22.7 Å². The molecule has 126 valence electrons. The normalized spacial score (nSPS) is 19.1. The van der Waals surface area contributed by atoms with Crippen molar-refractivity contribution in [2.45, 2.75) is 25.0 Å². The summed E-state index contributed by atoms with van der Waals surface area (Å²) in [5, 5.41) is 9.34. The molecule has 1 aromatic heterocycles. The number of nitrogens with zero attached hydrogens (tertiary/aromatic N) is 2. The van der Waals surface area contributed by atoms with Crippen LogP contribution in [0.3, 0.4) is 0 Å². The molecule has 0 aromatic carbocycles. The number of furan rings is 1. The average molecular weight is 346 g/mol. The summed E-state index contributed by atoms with van der Waals surface area (Å²) in [5.74, 6) is -0.0408. The molecule has 0 aliphatic carbocycles. The lowest BCUT2D eigenvalue weighted by Crippen LogP contribution is -2.29. The van der Waals surface area contributed by atoms with Gasteiger partial charge >= 0.3 is 5.97 Å². The molecule has 0 bridgehead atoms. The molecule has 1 fully saturated rings. The van der Waals surface area contributed by atoms with Gasteiger partial charge in [-0.05, 0) is 25.5 Å². The number of hydrogen-bond donors (Lipinski definition) is 0. The topological polar surface area (TPSA) is 83.5 Å². The van der Waals surface area contributed by atoms with Crippen LogP contribution in [0.2, 0.25) is 0 Å². The first-order valence-electron chi connectivity index (χ1n) is 7.55. The Morgan fingerprint density at radius 1 is 1.62 bits per heavy atom. The van der Waals surface area contributed by atoms with Gasteiger partial charge in [0.2, 0.25) is 5.91 Å². The highest BCUT2D eigenvalue weighted by molar-refractivity contribution is 8.04. The minimum atomic E-state index is -0.738. The maximum Gasteiger partial charge on any atom is 0.351 e. The first-order chi connectivity index (χ1) is 11.6. The van der Waals surface area contributed by atoms with Crippen LogP contribution in [0.4, 0.5) is 0 Å². The van der Waals surface area contributed by atoms with E-state index < -0.39 is 5.97 Å². The Hall–Kier alpha value is -2.46. The van der Waals surface area contributed by atoms with E-state index in [1.807, 2.05) is 12.1 Å². The molecule has 0 N–H and O–H groups in total. The standard InChI is InChI=1S/C17H18N2O4S/c1-3-9-23-17(21)13(11-18)16-19(4-2)15(20)14(24-16)8-7-12-6-5-10-22-12/h3,5-6,10,14H,1,4,7-9H2,2H3/b16-13-. The lowest BCUT2D eigenvalue weighted by atomic mass is 10.2. The van der Waals surface area contributed by atoms with Crippen molar-refractivity contribution in [1.82, 2.24) is 4.90 Å². The second-order valence-corrected chi connectivity index (χ2v) is 6.18. The average Bonchev–Trinajstić information content (AvgIpc) is 3.20. The van der Waals surface area contributed by atoms with Crippen molar-refractivity contribution in [3.63, 3.8) is 0 Å². The first-order valence-corrected chi connectivity index (χ1v) is 8.43. The molecule has 2 heterocycles. The summed E-state index contributed by atoms with van der Waals surface area (Å²) in [5.41, 5.74) is -0.141. The third-order valence-electron chi connectivity index (χ3n) is 3.45. The minimum absolute atomic E-state index is 0.0178. The Morgan fingerprint density at radius 2 is 2.42 bits per heavy atom. The molecule has 2 rings (SSSR count). The summed E-state index contributed by atoms with van der Waals surface area (Å²) in [7, 11) is 0. The summed E-state index contributed by atoms with van der Waals surface area (Å²) in [6.45, 7) is 5.67. The number of ether oxygens (including phenoxy) is 1. The Labute approximate surface area is 144 Å². The van der Waals surface area contributed by atoms with E-state index in [9.17, 15) is 14.9 Å². The molecule has 1 saturated heterocycles. The number of rotatable bonds is 7. The second-order valence-electron chi connectivity index (χ2n) is 4.99. The molecule has 1 unspecified atom stereocenters. The molecule has 1 atom stereocenters. The van der Waals surface area contributed by atoms with Crippen LogP contribution in [-0.2, 0) is 20.7 Å². The van der Waals surface area contributed by atoms with Gasteiger partial charge in [0, 0.05) is 13.0 Å². The number of esters is 1. The Balaban J connectivity index is 2.17. The number of aryl methyl sites for hydroxylation is 1. The van der Waals surface area contributed by atoms with E-state index in [-0.39, 0.29) is 23.3 Å². The fourth-order valence-electron chi connectivity index (χ4n) is 2.31. The highest BCUT2D eigenvalue weighted by atomic mass is 32.2. The summed E-state index contributed by atoms with van der Waals surface area (Å²) in [6.07, 6.45) is 4.20. The summed E-state index contributed by atoms with van der Waals surface area (Å²) in [6, 6.07) is 5.52. The molecule has 6 nitrogen and oxygen atoms in total. The minimum Gasteiger partial charge on any atom is -0.469 e. The zero-order valence-corrected chi connectivity index (χ0v) is 14.2. The van der Waals surface area contributed by atoms with E-state index in [2.05, 4.69) is 6.58 Å². The molecule has 0 radical (unpaired) electrons. The van der Waals surface area contributed by atoms with Gasteiger partial charge in [0.25, 0.3) is 0 Å². The van der Waals surface area contributed by atoms with Crippen molar-refractivity contribution in [3.8, 4) is 6.07 Å². The van der Waals surface area contributed by atoms with Gasteiger partial charge in [0.1, 0.15) is 23.5 Å². The van der Waals surface area contributed by atoms with Crippen LogP contribution in [0.1, 0.15) is 19.1 Å². The predicted octanol–water partition coefficient (Wildman–Crippen LogP) is 2.64. The summed E-state index contributed by atoms with van der Waals surface area (Å²) < 4.78 is 10.2. The molecular formula is C17H18N2O4S. The molecule has 1 aliphatic rings. The monoisotopic (exact) mass is 346 g/mol. The van der Waals surface area contributed by atoms with E-state index in [0.717, 1.165) is 5.76 Å². The van der Waals surface area contributed by atoms with E-state index in [4.69, 9.17) is 9.15 Å². The van der Waals surface area contributed by atoms with Crippen molar-refractivity contribution in [3.05, 3.63) is 47.4 Å². The van der Waals surface area contributed by atoms with Gasteiger partial charge in [0.15, 0.2) is 5.57 Å². The second kappa shape index (κ2) is 8.41. The highest BCUT2D eigenvalue weighted by Crippen LogP contribution is 2.39. The predicted molar refractivity (Wildman–Crippen MR) is 89.6 cm³/mol. The number of thioether (sulfide) groups is 1. The van der Waals surface area contributed by atoms with Gasteiger partial charge < -0.3 is 14.1 Å². The molecule has 0 spiro atoms. The Morgan fingerprint density at radius 3 is 3.00 bits per heavy atom. The Bertz CT molecular complexity index is 688. The number of hydrogen-bond acceptors (Lipinski definition) is 6. The third kappa shape index (κ3) is 3.89. The van der Waals surface area contributed by atoms with E-state index in [1.54, 1.807) is 19.3 Å². The molecule has 7 heteroatoms. The number of nitriles is 1. The Kier molecular flexibility index (Phi) is 6.27. The summed E-state index contributed by atoms with van der Waals surface area (Å²) in [4.78, 5) is 26.0. The highest BCUT2D eigenvalue weighted by Gasteiger charge is 2.39. The smallest absolute Gasteiger partial charge is 0.351 e. The van der Waals surface area contributed by atoms with Crippen LogP contribution in [0, 0.1) is 11.3 Å². The molecule has 24 heavy (non-hydrogen) atoms. The van der Waals surface area contributed by atoms with Crippen molar-refractivity contribution in [2.24, 2.45) is 0 Å². The number of carbonyl (C=O) groups excluding carboxylic acids is 2. The van der Waals surface area contributed by atoms with Crippen LogP contribution in [0.5, 0.6) is 0 Å². The fraction of sp³-hybridized carbons (Fsp3) is 0.353. The van der Waals surface area contributed by atoms with Crippen molar-refractivity contribution in [2.75, 3.05) is 13.2 Å². The van der Waals surface area contributed by atoms with Crippen LogP contribution in [0.15, 0.2) is 46.1 Å². The van der Waals surface area contributed by atoms with Gasteiger partial charge in [0.05, 0.1) is 11.5 Å². The van der Waals surface area contributed by atoms with Gasteiger partial charge in [-0.2, -0.15) is 5.26 Å². The van der Waals surface area contributed by atoms with E-state index in [0.29, 0.717) is 24.4 Å². The van der Waals surface area contributed by atoms with Crippen molar-refractivity contribution >= 4 is 23.6 Å². The van der Waals surface area contributed by atoms with Crippen LogP contribution in [0.25, 0.3) is 0 Å². The summed E-state index contributed by atoms with van der Waals surface area (Å²) >= 11 is 1.23. The van der Waals surface area contributed by atoms with Gasteiger partial charge in [-0.1, -0.05) is 24.4 Å². The largest absolute Gasteiger partial charge is 0.469 e. The van der Waals surface area contributed by atoms with Gasteiger partial charge in [-0.25, -0.2) is 4.79 Å². The number of amides is 1. The number of carbonyl (C=O) groups is 2. The SMILES string of the molecule is C=CCOC(=O)/C(C#N)=C1\SC(CCc2ccco2)C(=O)N1CC. The van der Waals surface area contributed by atoms with Gasteiger partial charge in [-0.15, -0.1) is 0 Å². The fourth-order valence-corrected chi connectivity index (χ4v) is 3.64. The molecule has 1 aromatic rings. The third-order valence-corrected chi connectivity index (χ3v) is 4.82. The maximum absolute atomic E-state index is 12.5. The maximum atomic E-state index is 12.5. The molecular weight excluding hydrogens is 328 g/mol. The zero-order valence-electron chi connectivity index (χ0n) is 13.4. The molecule has 1 amide bonds. The quantitative estimate of drug-likeness (QED) is 0.327. The van der Waals surface area contributed by atoms with Crippen LogP contribution in [-0.4, -0.2) is 35.2 Å². The molecule has 1 aliphatic heterocycles. The first kappa shape index (κ1) is 17.9.